The van der Waals surface area contributed by atoms with Gasteiger partial charge in [-0.15, -0.1) is 0 Å². The van der Waals surface area contributed by atoms with Crippen LogP contribution in [-0.4, -0.2) is 69.7 Å². The minimum Gasteiger partial charge on any atom is -0.472 e. The summed E-state index contributed by atoms with van der Waals surface area (Å²) in [7, 11) is 2.06. The topological polar surface area (TPSA) is 78.8 Å². The summed E-state index contributed by atoms with van der Waals surface area (Å²) in [5, 5.41) is 9.81. The summed E-state index contributed by atoms with van der Waals surface area (Å²) in [5.41, 5.74) is 2.30. The number of amides is 1. The zero-order valence-corrected chi connectivity index (χ0v) is 19.6. The molecule has 0 radical (unpaired) electrons. The molecule has 1 aliphatic carbocycles. The van der Waals surface area contributed by atoms with Gasteiger partial charge in [0.1, 0.15) is 11.7 Å². The molecule has 0 spiro atoms. The number of carbonyl (C=O) groups excluding carboxylic acids is 1. The zero-order valence-electron chi connectivity index (χ0n) is 19.6. The summed E-state index contributed by atoms with van der Waals surface area (Å²) >= 11 is 0. The van der Waals surface area contributed by atoms with Gasteiger partial charge in [0.25, 0.3) is 5.91 Å². The summed E-state index contributed by atoms with van der Waals surface area (Å²) in [6, 6.07) is 5.49. The van der Waals surface area contributed by atoms with E-state index in [4.69, 9.17) is 4.74 Å². The van der Waals surface area contributed by atoms with Crippen LogP contribution in [0.5, 0.6) is 5.88 Å². The van der Waals surface area contributed by atoms with Gasteiger partial charge in [-0.05, 0) is 50.6 Å². The summed E-state index contributed by atoms with van der Waals surface area (Å²) in [4.78, 5) is 26.0. The lowest BCUT2D eigenvalue weighted by molar-refractivity contribution is 0.0325. The molecule has 3 atom stereocenters. The van der Waals surface area contributed by atoms with Crippen LogP contribution in [-0.2, 0) is 6.54 Å². The standard InChI is InChI=1S/C26H32N4O3/c1-18-14-30(19(2)17-31)26(32)23-12-22(7-6-20-4-5-20)13-28-25(23)33-24(18)16-29(3)15-21-8-10-27-11-9-21/h8-13,18-20,24,31H,4-5,14-17H2,1-3H3/t18-,19+,24-/m0/s1. The first-order valence-electron chi connectivity index (χ1n) is 11.6. The monoisotopic (exact) mass is 448 g/mol. The minimum absolute atomic E-state index is 0.0483. The summed E-state index contributed by atoms with van der Waals surface area (Å²) in [6.07, 6.45) is 7.38. The highest BCUT2D eigenvalue weighted by molar-refractivity contribution is 5.97. The summed E-state index contributed by atoms with van der Waals surface area (Å²) in [6.45, 7) is 5.77. The fourth-order valence-corrected chi connectivity index (χ4v) is 3.97. The third-order valence-corrected chi connectivity index (χ3v) is 6.21. The quantitative estimate of drug-likeness (QED) is 0.685. The summed E-state index contributed by atoms with van der Waals surface area (Å²) < 4.78 is 6.36. The maximum Gasteiger partial charge on any atom is 0.259 e. The third-order valence-electron chi connectivity index (χ3n) is 6.21. The molecule has 2 aromatic heterocycles. The average molecular weight is 449 g/mol. The number of aromatic nitrogens is 2. The lowest BCUT2D eigenvalue weighted by Gasteiger charge is -2.37. The third kappa shape index (κ3) is 5.89. The van der Waals surface area contributed by atoms with Gasteiger partial charge >= 0.3 is 0 Å². The molecule has 1 amide bonds. The van der Waals surface area contributed by atoms with Crippen molar-refractivity contribution < 1.29 is 14.6 Å². The largest absolute Gasteiger partial charge is 0.472 e. The Hall–Kier alpha value is -2.95. The van der Waals surface area contributed by atoms with Crippen molar-refractivity contribution in [2.45, 2.75) is 45.4 Å². The molecule has 7 heteroatoms. The van der Waals surface area contributed by atoms with Crippen LogP contribution in [0.1, 0.15) is 48.2 Å². The first kappa shape index (κ1) is 23.2. The van der Waals surface area contributed by atoms with E-state index in [0.717, 1.165) is 19.4 Å². The van der Waals surface area contributed by atoms with E-state index in [1.165, 1.54) is 5.56 Å². The van der Waals surface area contributed by atoms with E-state index in [2.05, 4.69) is 40.7 Å². The Morgan fingerprint density at radius 1 is 1.33 bits per heavy atom. The van der Waals surface area contributed by atoms with Gasteiger partial charge in [0, 0.05) is 55.6 Å². The van der Waals surface area contributed by atoms with Crippen LogP contribution in [0.3, 0.4) is 0 Å². The van der Waals surface area contributed by atoms with Gasteiger partial charge in [-0.1, -0.05) is 18.8 Å². The number of pyridine rings is 2. The molecule has 1 fully saturated rings. The Labute approximate surface area is 195 Å². The van der Waals surface area contributed by atoms with E-state index in [1.807, 2.05) is 19.1 Å². The minimum atomic E-state index is -0.303. The molecule has 2 aromatic rings. The molecule has 1 N–H and O–H groups in total. The molecule has 0 saturated heterocycles. The number of fused-ring (bicyclic) bond motifs is 1. The maximum absolute atomic E-state index is 13.4. The van der Waals surface area contributed by atoms with Crippen molar-refractivity contribution in [1.82, 2.24) is 19.8 Å². The second-order valence-electron chi connectivity index (χ2n) is 9.30. The van der Waals surface area contributed by atoms with Crippen molar-refractivity contribution in [2.24, 2.45) is 11.8 Å². The highest BCUT2D eigenvalue weighted by Crippen LogP contribution is 2.29. The Kier molecular flexibility index (Phi) is 7.26. The molecule has 0 bridgehead atoms. The van der Waals surface area contributed by atoms with Crippen LogP contribution in [0, 0.1) is 23.7 Å². The molecule has 1 saturated carbocycles. The van der Waals surface area contributed by atoms with E-state index in [0.29, 0.717) is 36.0 Å². The molecular weight excluding hydrogens is 416 g/mol. The van der Waals surface area contributed by atoms with Crippen molar-refractivity contribution in [1.29, 1.82) is 0 Å². The Morgan fingerprint density at radius 3 is 2.79 bits per heavy atom. The number of aliphatic hydroxyl groups is 1. The molecule has 2 aliphatic rings. The molecular formula is C26H32N4O3. The van der Waals surface area contributed by atoms with Crippen molar-refractivity contribution in [3.05, 3.63) is 53.5 Å². The molecule has 4 rings (SSSR count). The van der Waals surface area contributed by atoms with Crippen LogP contribution < -0.4 is 4.74 Å². The van der Waals surface area contributed by atoms with Gasteiger partial charge in [-0.3, -0.25) is 14.7 Å². The van der Waals surface area contributed by atoms with Crippen LogP contribution >= 0.6 is 0 Å². The van der Waals surface area contributed by atoms with Crippen LogP contribution in [0.4, 0.5) is 0 Å². The average Bonchev–Trinajstić information content (AvgIpc) is 3.65. The van der Waals surface area contributed by atoms with Crippen LogP contribution in [0.25, 0.3) is 0 Å². The van der Waals surface area contributed by atoms with Gasteiger partial charge in [0.05, 0.1) is 12.6 Å². The molecule has 7 nitrogen and oxygen atoms in total. The second kappa shape index (κ2) is 10.3. The number of rotatable bonds is 6. The van der Waals surface area contributed by atoms with Crippen molar-refractivity contribution in [2.75, 3.05) is 26.7 Å². The Bertz CT molecular complexity index is 1030. The second-order valence-corrected chi connectivity index (χ2v) is 9.30. The van der Waals surface area contributed by atoms with Gasteiger partial charge in [0.2, 0.25) is 5.88 Å². The van der Waals surface area contributed by atoms with Gasteiger partial charge in [-0.2, -0.15) is 0 Å². The smallest absolute Gasteiger partial charge is 0.259 e. The normalized spacial score (nSPS) is 21.4. The molecule has 3 heterocycles. The van der Waals surface area contributed by atoms with Crippen LogP contribution in [0.2, 0.25) is 0 Å². The van der Waals surface area contributed by atoms with E-state index in [1.54, 1.807) is 29.6 Å². The van der Waals surface area contributed by atoms with Crippen molar-refractivity contribution in [3.63, 3.8) is 0 Å². The van der Waals surface area contributed by atoms with Gasteiger partial charge in [-0.25, -0.2) is 4.98 Å². The molecule has 174 valence electrons. The summed E-state index contributed by atoms with van der Waals surface area (Å²) in [5.74, 6) is 7.05. The van der Waals surface area contributed by atoms with Crippen molar-refractivity contribution in [3.8, 4) is 17.7 Å². The van der Waals surface area contributed by atoms with E-state index in [9.17, 15) is 9.90 Å². The molecule has 33 heavy (non-hydrogen) atoms. The predicted molar refractivity (Wildman–Crippen MR) is 126 cm³/mol. The zero-order chi connectivity index (χ0) is 23.4. The predicted octanol–water partition coefficient (Wildman–Crippen LogP) is 2.59. The number of hydrogen-bond donors (Lipinski definition) is 1. The van der Waals surface area contributed by atoms with Crippen molar-refractivity contribution >= 4 is 5.91 Å². The SMILES string of the molecule is C[C@H](CO)N1C[C@H](C)[C@H](CN(C)Cc2ccncc2)Oc2ncc(C#CC3CC3)cc2C1=O. The first-order valence-corrected chi connectivity index (χ1v) is 11.6. The highest BCUT2D eigenvalue weighted by atomic mass is 16.5. The maximum atomic E-state index is 13.4. The fourth-order valence-electron chi connectivity index (χ4n) is 3.97. The Morgan fingerprint density at radius 2 is 2.09 bits per heavy atom. The van der Waals surface area contributed by atoms with E-state index < -0.39 is 0 Å². The number of carbonyl (C=O) groups is 1. The van der Waals surface area contributed by atoms with E-state index in [-0.39, 0.29) is 30.6 Å². The van der Waals surface area contributed by atoms with E-state index >= 15 is 0 Å². The highest BCUT2D eigenvalue weighted by Gasteiger charge is 2.34. The van der Waals surface area contributed by atoms with Gasteiger partial charge in [0.15, 0.2) is 0 Å². The fraction of sp³-hybridized carbons (Fsp3) is 0.500. The number of aliphatic hydroxyl groups excluding tert-OH is 1. The molecule has 0 aromatic carbocycles. The number of nitrogens with zero attached hydrogens (tertiary/aromatic N) is 4. The number of ether oxygens (including phenoxy) is 1. The number of likely N-dealkylation sites (N-methyl/N-ethyl adjacent to an activating group) is 1. The Balaban J connectivity index is 1.60. The molecule has 1 aliphatic heterocycles. The van der Waals surface area contributed by atoms with Gasteiger partial charge < -0.3 is 14.7 Å². The van der Waals surface area contributed by atoms with Crippen LogP contribution in [0.15, 0.2) is 36.8 Å². The first-order chi connectivity index (χ1) is 15.9. The number of hydrogen-bond acceptors (Lipinski definition) is 6. The lowest BCUT2D eigenvalue weighted by Crippen LogP contribution is -2.49. The lowest BCUT2D eigenvalue weighted by atomic mass is 9.99. The molecule has 0 unspecified atom stereocenters.